The summed E-state index contributed by atoms with van der Waals surface area (Å²) in [6, 6.07) is 10.2. The molecule has 1 aromatic carbocycles. The molecule has 1 aliphatic heterocycles. The van der Waals surface area contributed by atoms with E-state index in [-0.39, 0.29) is 0 Å². The lowest BCUT2D eigenvalue weighted by molar-refractivity contribution is 0.355. The van der Waals surface area contributed by atoms with E-state index in [0.717, 1.165) is 37.6 Å². The van der Waals surface area contributed by atoms with Crippen molar-refractivity contribution in [1.29, 1.82) is 0 Å². The molecule has 2 aromatic rings. The van der Waals surface area contributed by atoms with Gasteiger partial charge >= 0.3 is 0 Å². The van der Waals surface area contributed by atoms with Crippen LogP contribution in [0, 0.1) is 0 Å². The predicted molar refractivity (Wildman–Crippen MR) is 63.8 cm³/mol. The van der Waals surface area contributed by atoms with Crippen LogP contribution >= 0.6 is 0 Å². The summed E-state index contributed by atoms with van der Waals surface area (Å²) in [5.41, 5.74) is 1.21. The van der Waals surface area contributed by atoms with Crippen molar-refractivity contribution < 1.29 is 4.52 Å². The van der Waals surface area contributed by atoms with Gasteiger partial charge in [-0.1, -0.05) is 35.5 Å². The molecule has 3 rings (SSSR count). The second-order valence-corrected chi connectivity index (χ2v) is 4.40. The molecule has 1 unspecified atom stereocenters. The summed E-state index contributed by atoms with van der Waals surface area (Å²) in [5.74, 6) is 1.95. The summed E-state index contributed by atoms with van der Waals surface area (Å²) in [6.45, 7) is 1.99. The Balaban J connectivity index is 1.72. The second-order valence-electron chi connectivity index (χ2n) is 4.40. The Hall–Kier alpha value is -1.68. The third kappa shape index (κ3) is 2.36. The van der Waals surface area contributed by atoms with Crippen LogP contribution in [0.2, 0.25) is 0 Å². The lowest BCUT2D eigenvalue weighted by Crippen LogP contribution is -2.08. The third-order valence-electron chi connectivity index (χ3n) is 3.10. The summed E-state index contributed by atoms with van der Waals surface area (Å²) in [5, 5.41) is 7.34. The van der Waals surface area contributed by atoms with Gasteiger partial charge in [0.25, 0.3) is 0 Å². The van der Waals surface area contributed by atoms with E-state index >= 15 is 0 Å². The molecule has 88 valence electrons. The molecule has 2 heterocycles. The molecule has 17 heavy (non-hydrogen) atoms. The maximum Gasteiger partial charge on any atom is 0.231 e. The van der Waals surface area contributed by atoms with Crippen LogP contribution in [0.1, 0.15) is 29.6 Å². The van der Waals surface area contributed by atoms with Crippen LogP contribution in [0.15, 0.2) is 34.9 Å². The molecule has 0 aliphatic carbocycles. The van der Waals surface area contributed by atoms with Gasteiger partial charge < -0.3 is 9.84 Å². The Kier molecular flexibility index (Phi) is 2.88. The van der Waals surface area contributed by atoms with Crippen LogP contribution < -0.4 is 5.32 Å². The number of aromatic nitrogens is 2. The Morgan fingerprint density at radius 3 is 2.94 bits per heavy atom. The molecule has 0 saturated carbocycles. The smallest absolute Gasteiger partial charge is 0.231 e. The lowest BCUT2D eigenvalue weighted by atomic mass is 10.1. The molecule has 1 N–H and O–H groups in total. The zero-order valence-corrected chi connectivity index (χ0v) is 9.60. The van der Waals surface area contributed by atoms with E-state index in [1.807, 2.05) is 18.2 Å². The van der Waals surface area contributed by atoms with E-state index in [0.29, 0.717) is 5.92 Å². The molecular weight excluding hydrogens is 214 g/mol. The highest BCUT2D eigenvalue weighted by atomic mass is 16.5. The number of hydrogen-bond acceptors (Lipinski definition) is 4. The number of hydrogen-bond donors (Lipinski definition) is 1. The second kappa shape index (κ2) is 4.67. The van der Waals surface area contributed by atoms with E-state index in [2.05, 4.69) is 27.6 Å². The highest BCUT2D eigenvalue weighted by molar-refractivity contribution is 5.18. The first-order valence-electron chi connectivity index (χ1n) is 5.99. The van der Waals surface area contributed by atoms with E-state index in [1.54, 1.807) is 0 Å². The monoisotopic (exact) mass is 229 g/mol. The SMILES string of the molecule is c1ccc(Cc2noc(C3CCNC3)n2)cc1. The van der Waals surface area contributed by atoms with Gasteiger partial charge in [0, 0.05) is 13.0 Å². The Bertz CT molecular complexity index is 474. The topological polar surface area (TPSA) is 51.0 Å². The van der Waals surface area contributed by atoms with Gasteiger partial charge in [0.15, 0.2) is 5.82 Å². The zero-order chi connectivity index (χ0) is 11.5. The van der Waals surface area contributed by atoms with Gasteiger partial charge in [-0.2, -0.15) is 4.98 Å². The van der Waals surface area contributed by atoms with Crippen molar-refractivity contribution in [1.82, 2.24) is 15.5 Å². The van der Waals surface area contributed by atoms with Crippen molar-refractivity contribution in [3.63, 3.8) is 0 Å². The Morgan fingerprint density at radius 2 is 2.18 bits per heavy atom. The summed E-state index contributed by atoms with van der Waals surface area (Å²) >= 11 is 0. The normalized spacial score (nSPS) is 19.6. The Morgan fingerprint density at radius 1 is 1.29 bits per heavy atom. The first kappa shape index (κ1) is 10.5. The molecule has 4 heteroatoms. The van der Waals surface area contributed by atoms with Crippen molar-refractivity contribution in [3.05, 3.63) is 47.6 Å². The number of rotatable bonds is 3. The van der Waals surface area contributed by atoms with Gasteiger partial charge in [-0.25, -0.2) is 0 Å². The highest BCUT2D eigenvalue weighted by Crippen LogP contribution is 2.20. The van der Waals surface area contributed by atoms with Gasteiger partial charge in [0.1, 0.15) is 0 Å². The van der Waals surface area contributed by atoms with Gasteiger partial charge in [-0.3, -0.25) is 0 Å². The van der Waals surface area contributed by atoms with Crippen LogP contribution in [0.3, 0.4) is 0 Å². The average Bonchev–Trinajstić information content (AvgIpc) is 3.00. The summed E-state index contributed by atoms with van der Waals surface area (Å²) in [7, 11) is 0. The number of benzene rings is 1. The average molecular weight is 229 g/mol. The molecule has 4 nitrogen and oxygen atoms in total. The molecule has 1 atom stereocenters. The van der Waals surface area contributed by atoms with E-state index in [9.17, 15) is 0 Å². The van der Waals surface area contributed by atoms with Crippen molar-refractivity contribution in [2.45, 2.75) is 18.8 Å². The molecule has 1 saturated heterocycles. The molecule has 0 amide bonds. The van der Waals surface area contributed by atoms with Crippen molar-refractivity contribution in [2.24, 2.45) is 0 Å². The first-order valence-corrected chi connectivity index (χ1v) is 5.99. The van der Waals surface area contributed by atoms with Crippen LogP contribution in [-0.2, 0) is 6.42 Å². The van der Waals surface area contributed by atoms with Gasteiger partial charge in [-0.15, -0.1) is 0 Å². The zero-order valence-electron chi connectivity index (χ0n) is 9.60. The molecule has 1 fully saturated rings. The number of nitrogens with one attached hydrogen (secondary N) is 1. The maximum absolute atomic E-state index is 5.32. The third-order valence-corrected chi connectivity index (χ3v) is 3.10. The summed E-state index contributed by atoms with van der Waals surface area (Å²) in [6.07, 6.45) is 1.83. The molecule has 0 spiro atoms. The van der Waals surface area contributed by atoms with Gasteiger partial charge in [0.05, 0.1) is 5.92 Å². The van der Waals surface area contributed by atoms with Crippen molar-refractivity contribution in [3.8, 4) is 0 Å². The Labute approximate surface area is 100 Å². The largest absolute Gasteiger partial charge is 0.339 e. The van der Waals surface area contributed by atoms with Gasteiger partial charge in [0.2, 0.25) is 5.89 Å². The fourth-order valence-electron chi connectivity index (χ4n) is 2.15. The standard InChI is InChI=1S/C13H15N3O/c1-2-4-10(5-3-1)8-12-15-13(17-16-12)11-6-7-14-9-11/h1-5,11,14H,6-9H2. The summed E-state index contributed by atoms with van der Waals surface area (Å²) < 4.78 is 5.32. The first-order chi connectivity index (χ1) is 8.42. The quantitative estimate of drug-likeness (QED) is 0.871. The van der Waals surface area contributed by atoms with Crippen LogP contribution in [0.25, 0.3) is 0 Å². The maximum atomic E-state index is 5.32. The minimum atomic E-state index is 0.395. The van der Waals surface area contributed by atoms with Gasteiger partial charge in [-0.05, 0) is 18.5 Å². The van der Waals surface area contributed by atoms with E-state index in [4.69, 9.17) is 4.52 Å². The predicted octanol–water partition coefficient (Wildman–Crippen LogP) is 1.74. The minimum absolute atomic E-state index is 0.395. The van der Waals surface area contributed by atoms with Crippen molar-refractivity contribution in [2.75, 3.05) is 13.1 Å². The van der Waals surface area contributed by atoms with Crippen LogP contribution in [0.5, 0.6) is 0 Å². The minimum Gasteiger partial charge on any atom is -0.339 e. The fourth-order valence-corrected chi connectivity index (χ4v) is 2.15. The molecular formula is C13H15N3O. The summed E-state index contributed by atoms with van der Waals surface area (Å²) in [4.78, 5) is 4.47. The molecule has 0 bridgehead atoms. The fraction of sp³-hybridized carbons (Fsp3) is 0.385. The number of nitrogens with zero attached hydrogens (tertiary/aromatic N) is 2. The highest BCUT2D eigenvalue weighted by Gasteiger charge is 2.22. The van der Waals surface area contributed by atoms with Crippen LogP contribution in [-0.4, -0.2) is 23.2 Å². The molecule has 0 radical (unpaired) electrons. The molecule has 1 aliphatic rings. The lowest BCUT2D eigenvalue weighted by Gasteiger charge is -1.98. The van der Waals surface area contributed by atoms with E-state index < -0.39 is 0 Å². The van der Waals surface area contributed by atoms with E-state index in [1.165, 1.54) is 5.56 Å². The molecule has 1 aromatic heterocycles. The van der Waals surface area contributed by atoms with Crippen LogP contribution in [0.4, 0.5) is 0 Å². The van der Waals surface area contributed by atoms with Crippen molar-refractivity contribution >= 4 is 0 Å².